The summed E-state index contributed by atoms with van der Waals surface area (Å²) in [6.07, 6.45) is 3.01. The number of aromatic nitrogens is 1. The quantitative estimate of drug-likeness (QED) is 0.324. The standard InChI is InChI=1S/C23H28FN5O/c1-2-25-23(27-13-11-22(30)29-15-17-6-4-3-5-7-17)26-12-10-18-16-28-21-14-19(24)8-9-20(18)21/h3-9,14,16,28H,2,10-13,15H2,1H3,(H,29,30)(H2,25,26,27). The molecule has 2 aromatic carbocycles. The lowest BCUT2D eigenvalue weighted by Gasteiger charge is -2.11. The average molecular weight is 410 g/mol. The molecular weight excluding hydrogens is 381 g/mol. The number of nitrogens with one attached hydrogen (secondary N) is 4. The van der Waals surface area contributed by atoms with Gasteiger partial charge in [0, 0.05) is 43.2 Å². The molecule has 3 aromatic rings. The van der Waals surface area contributed by atoms with E-state index < -0.39 is 0 Å². The molecule has 1 aromatic heterocycles. The van der Waals surface area contributed by atoms with Crippen LogP contribution < -0.4 is 16.0 Å². The molecule has 0 unspecified atom stereocenters. The van der Waals surface area contributed by atoms with E-state index in [1.165, 1.54) is 12.1 Å². The number of guanidine groups is 1. The molecule has 158 valence electrons. The summed E-state index contributed by atoms with van der Waals surface area (Å²) >= 11 is 0. The molecule has 6 nitrogen and oxygen atoms in total. The molecule has 0 aliphatic heterocycles. The van der Waals surface area contributed by atoms with Crippen LogP contribution in [0.2, 0.25) is 0 Å². The number of amides is 1. The molecule has 0 atom stereocenters. The van der Waals surface area contributed by atoms with Crippen molar-refractivity contribution in [3.63, 3.8) is 0 Å². The number of carbonyl (C=O) groups excluding carboxylic acids is 1. The van der Waals surface area contributed by atoms with Crippen LogP contribution in [-0.2, 0) is 17.8 Å². The summed E-state index contributed by atoms with van der Waals surface area (Å²) in [5.74, 6) is 0.409. The molecular formula is C23H28FN5O. The van der Waals surface area contributed by atoms with Gasteiger partial charge in [-0.05, 0) is 42.7 Å². The first-order chi connectivity index (χ1) is 14.7. The van der Waals surface area contributed by atoms with Gasteiger partial charge in [0.25, 0.3) is 0 Å². The highest BCUT2D eigenvalue weighted by Gasteiger charge is 2.06. The number of fused-ring (bicyclic) bond motifs is 1. The first kappa shape index (κ1) is 21.4. The maximum Gasteiger partial charge on any atom is 0.222 e. The number of hydrogen-bond acceptors (Lipinski definition) is 2. The maximum atomic E-state index is 13.3. The van der Waals surface area contributed by atoms with Crippen LogP contribution in [0.3, 0.4) is 0 Å². The minimum Gasteiger partial charge on any atom is -0.361 e. The minimum atomic E-state index is -0.247. The second-order valence-electron chi connectivity index (χ2n) is 6.95. The Morgan fingerprint density at radius 2 is 1.93 bits per heavy atom. The second kappa shape index (κ2) is 11.0. The number of benzene rings is 2. The number of H-pyrrole nitrogens is 1. The summed E-state index contributed by atoms with van der Waals surface area (Å²) < 4.78 is 13.3. The number of aliphatic imine (C=N–C) groups is 1. The number of carbonyl (C=O) groups is 1. The largest absolute Gasteiger partial charge is 0.361 e. The number of aromatic amines is 1. The lowest BCUT2D eigenvalue weighted by atomic mass is 10.1. The predicted octanol–water partition coefficient (Wildman–Crippen LogP) is 3.11. The monoisotopic (exact) mass is 409 g/mol. The molecule has 0 radical (unpaired) electrons. The molecule has 0 saturated heterocycles. The fourth-order valence-corrected chi connectivity index (χ4v) is 3.18. The van der Waals surface area contributed by atoms with E-state index in [1.807, 2.05) is 43.5 Å². The van der Waals surface area contributed by atoms with Gasteiger partial charge >= 0.3 is 0 Å². The van der Waals surface area contributed by atoms with Crippen molar-refractivity contribution < 1.29 is 9.18 Å². The molecule has 3 rings (SSSR count). The number of rotatable bonds is 9. The van der Waals surface area contributed by atoms with E-state index in [4.69, 9.17) is 0 Å². The summed E-state index contributed by atoms with van der Waals surface area (Å²) in [6.45, 7) is 4.34. The maximum absolute atomic E-state index is 13.3. The van der Waals surface area contributed by atoms with Gasteiger partial charge in [0.15, 0.2) is 5.96 Å². The first-order valence-electron chi connectivity index (χ1n) is 10.2. The van der Waals surface area contributed by atoms with E-state index in [2.05, 4.69) is 25.9 Å². The Labute approximate surface area is 176 Å². The molecule has 0 saturated carbocycles. The Balaban J connectivity index is 1.44. The third-order valence-electron chi connectivity index (χ3n) is 4.70. The number of halogens is 1. The minimum absolute atomic E-state index is 0.0236. The summed E-state index contributed by atoms with van der Waals surface area (Å²) in [5, 5.41) is 10.4. The molecule has 1 amide bonds. The normalized spacial score (nSPS) is 11.5. The van der Waals surface area contributed by atoms with Crippen LogP contribution in [-0.4, -0.2) is 36.5 Å². The highest BCUT2D eigenvalue weighted by molar-refractivity contribution is 5.83. The lowest BCUT2D eigenvalue weighted by Crippen LogP contribution is -2.38. The van der Waals surface area contributed by atoms with Gasteiger partial charge in [-0.2, -0.15) is 0 Å². The zero-order valence-corrected chi connectivity index (χ0v) is 17.2. The predicted molar refractivity (Wildman–Crippen MR) is 119 cm³/mol. The van der Waals surface area contributed by atoms with Crippen LogP contribution in [0.15, 0.2) is 59.7 Å². The molecule has 0 spiro atoms. The van der Waals surface area contributed by atoms with Crippen molar-refractivity contribution in [3.8, 4) is 0 Å². The molecule has 0 bridgehead atoms. The Bertz CT molecular complexity index is 984. The van der Waals surface area contributed by atoms with Crippen LogP contribution in [0.4, 0.5) is 4.39 Å². The van der Waals surface area contributed by atoms with Crippen molar-refractivity contribution in [2.45, 2.75) is 26.3 Å². The molecule has 1 heterocycles. The topological polar surface area (TPSA) is 81.3 Å². The van der Waals surface area contributed by atoms with E-state index in [9.17, 15) is 9.18 Å². The molecule has 0 aliphatic carbocycles. The van der Waals surface area contributed by atoms with Gasteiger partial charge in [-0.15, -0.1) is 0 Å². The van der Waals surface area contributed by atoms with Gasteiger partial charge in [0.05, 0.1) is 6.54 Å². The molecule has 7 heteroatoms. The lowest BCUT2D eigenvalue weighted by molar-refractivity contribution is -0.121. The molecule has 4 N–H and O–H groups in total. The number of nitrogens with zero attached hydrogens (tertiary/aromatic N) is 1. The Morgan fingerprint density at radius 1 is 1.10 bits per heavy atom. The average Bonchev–Trinajstić information content (AvgIpc) is 3.15. The molecule has 0 fully saturated rings. The van der Waals surface area contributed by atoms with Crippen molar-refractivity contribution in [2.24, 2.45) is 4.99 Å². The van der Waals surface area contributed by atoms with Crippen LogP contribution in [0, 0.1) is 5.82 Å². The van der Waals surface area contributed by atoms with Gasteiger partial charge in [0.1, 0.15) is 5.82 Å². The van der Waals surface area contributed by atoms with E-state index in [-0.39, 0.29) is 11.7 Å². The van der Waals surface area contributed by atoms with Crippen molar-refractivity contribution in [1.29, 1.82) is 0 Å². The zero-order valence-electron chi connectivity index (χ0n) is 17.2. The van der Waals surface area contributed by atoms with Crippen LogP contribution in [0.25, 0.3) is 10.9 Å². The highest BCUT2D eigenvalue weighted by Crippen LogP contribution is 2.19. The first-order valence-corrected chi connectivity index (χ1v) is 10.2. The SMILES string of the molecule is CCNC(=NCCC(=O)NCc1ccccc1)NCCc1c[nH]c2cc(F)ccc12. The van der Waals surface area contributed by atoms with Gasteiger partial charge < -0.3 is 20.9 Å². The van der Waals surface area contributed by atoms with Gasteiger partial charge in [-0.25, -0.2) is 4.39 Å². The van der Waals surface area contributed by atoms with E-state index >= 15 is 0 Å². The van der Waals surface area contributed by atoms with Crippen LogP contribution >= 0.6 is 0 Å². The molecule has 0 aliphatic rings. The number of hydrogen-bond donors (Lipinski definition) is 4. The van der Waals surface area contributed by atoms with Crippen LogP contribution in [0.1, 0.15) is 24.5 Å². The van der Waals surface area contributed by atoms with Crippen LogP contribution in [0.5, 0.6) is 0 Å². The zero-order chi connectivity index (χ0) is 21.2. The smallest absolute Gasteiger partial charge is 0.222 e. The summed E-state index contributed by atoms with van der Waals surface area (Å²) in [6, 6.07) is 14.6. The van der Waals surface area contributed by atoms with Crippen molar-refractivity contribution >= 4 is 22.8 Å². The third-order valence-corrected chi connectivity index (χ3v) is 4.70. The fourth-order valence-electron chi connectivity index (χ4n) is 3.18. The van der Waals surface area contributed by atoms with Gasteiger partial charge in [-0.1, -0.05) is 30.3 Å². The van der Waals surface area contributed by atoms with Crippen molar-refractivity contribution in [2.75, 3.05) is 19.6 Å². The van der Waals surface area contributed by atoms with Crippen molar-refractivity contribution in [3.05, 3.63) is 71.7 Å². The molecule has 30 heavy (non-hydrogen) atoms. The van der Waals surface area contributed by atoms with E-state index in [0.29, 0.717) is 32.0 Å². The Morgan fingerprint density at radius 3 is 2.73 bits per heavy atom. The second-order valence-corrected chi connectivity index (χ2v) is 6.95. The highest BCUT2D eigenvalue weighted by atomic mass is 19.1. The van der Waals surface area contributed by atoms with E-state index in [1.54, 1.807) is 6.07 Å². The Hall–Kier alpha value is -3.35. The van der Waals surface area contributed by atoms with E-state index in [0.717, 1.165) is 35.0 Å². The fraction of sp³-hybridized carbons (Fsp3) is 0.304. The third kappa shape index (κ3) is 6.34. The van der Waals surface area contributed by atoms with Crippen molar-refractivity contribution in [1.82, 2.24) is 20.9 Å². The Kier molecular flexibility index (Phi) is 7.83. The summed E-state index contributed by atoms with van der Waals surface area (Å²) in [5.41, 5.74) is 2.99. The van der Waals surface area contributed by atoms with Gasteiger partial charge in [-0.3, -0.25) is 9.79 Å². The summed E-state index contributed by atoms with van der Waals surface area (Å²) in [7, 11) is 0. The van der Waals surface area contributed by atoms with Gasteiger partial charge in [0.2, 0.25) is 5.91 Å². The summed E-state index contributed by atoms with van der Waals surface area (Å²) in [4.78, 5) is 19.6.